The SMILES string of the molecule is CCCCCc1ccc2c3c(C(N)=O)cccc3n(Cc3ccccc3Cc3ccccc3)c2c1. The second-order valence-electron chi connectivity index (χ2n) is 9.39. The third-order valence-corrected chi connectivity index (χ3v) is 6.97. The Hall–Kier alpha value is -3.85. The van der Waals surface area contributed by atoms with E-state index < -0.39 is 0 Å². The van der Waals surface area contributed by atoms with Gasteiger partial charge < -0.3 is 10.3 Å². The zero-order valence-corrected chi connectivity index (χ0v) is 20.3. The molecule has 176 valence electrons. The topological polar surface area (TPSA) is 48.0 Å². The van der Waals surface area contributed by atoms with E-state index in [0.29, 0.717) is 5.56 Å². The molecule has 0 saturated heterocycles. The molecule has 0 unspecified atom stereocenters. The molecule has 3 nitrogen and oxygen atoms in total. The predicted octanol–water partition coefficient (Wildman–Crippen LogP) is 7.27. The molecule has 4 aromatic carbocycles. The Morgan fingerprint density at radius 1 is 0.771 bits per heavy atom. The molecule has 0 bridgehead atoms. The van der Waals surface area contributed by atoms with Crippen LogP contribution < -0.4 is 5.73 Å². The smallest absolute Gasteiger partial charge is 0.249 e. The number of carbonyl (C=O) groups excluding carboxylic acids is 1. The third kappa shape index (κ3) is 4.72. The van der Waals surface area contributed by atoms with Gasteiger partial charge >= 0.3 is 0 Å². The molecule has 2 N–H and O–H groups in total. The molecule has 0 saturated carbocycles. The first-order valence-corrected chi connectivity index (χ1v) is 12.6. The molecule has 1 heterocycles. The maximum Gasteiger partial charge on any atom is 0.249 e. The molecule has 3 heteroatoms. The van der Waals surface area contributed by atoms with E-state index in [9.17, 15) is 4.79 Å². The van der Waals surface area contributed by atoms with Crippen LogP contribution in [0.15, 0.2) is 91.0 Å². The summed E-state index contributed by atoms with van der Waals surface area (Å²) in [5, 5.41) is 2.05. The third-order valence-electron chi connectivity index (χ3n) is 6.97. The summed E-state index contributed by atoms with van der Waals surface area (Å²) in [6.07, 6.45) is 5.60. The summed E-state index contributed by atoms with van der Waals surface area (Å²) in [6, 6.07) is 31.9. The Morgan fingerprint density at radius 3 is 2.31 bits per heavy atom. The van der Waals surface area contributed by atoms with Crippen molar-refractivity contribution in [2.45, 2.75) is 45.6 Å². The Labute approximate surface area is 207 Å². The van der Waals surface area contributed by atoms with Crippen molar-refractivity contribution in [1.82, 2.24) is 4.57 Å². The van der Waals surface area contributed by atoms with Crippen molar-refractivity contribution in [3.63, 3.8) is 0 Å². The van der Waals surface area contributed by atoms with Crippen LogP contribution >= 0.6 is 0 Å². The molecule has 5 aromatic rings. The van der Waals surface area contributed by atoms with Gasteiger partial charge in [0.05, 0.1) is 5.52 Å². The molecule has 5 rings (SSSR count). The van der Waals surface area contributed by atoms with Crippen molar-refractivity contribution in [1.29, 1.82) is 0 Å². The molecule has 0 radical (unpaired) electrons. The summed E-state index contributed by atoms with van der Waals surface area (Å²) in [7, 11) is 0. The summed E-state index contributed by atoms with van der Waals surface area (Å²) >= 11 is 0. The van der Waals surface area contributed by atoms with Gasteiger partial charge in [0, 0.05) is 28.4 Å². The number of aromatic nitrogens is 1. The van der Waals surface area contributed by atoms with Gasteiger partial charge in [0.2, 0.25) is 5.91 Å². The highest BCUT2D eigenvalue weighted by Gasteiger charge is 2.17. The fourth-order valence-electron chi connectivity index (χ4n) is 5.17. The van der Waals surface area contributed by atoms with Crippen LogP contribution in [0.3, 0.4) is 0 Å². The van der Waals surface area contributed by atoms with Gasteiger partial charge in [0.25, 0.3) is 0 Å². The van der Waals surface area contributed by atoms with Crippen LogP contribution in [0.4, 0.5) is 0 Å². The highest BCUT2D eigenvalue weighted by Crippen LogP contribution is 2.34. The fourth-order valence-corrected chi connectivity index (χ4v) is 5.17. The van der Waals surface area contributed by atoms with Crippen molar-refractivity contribution >= 4 is 27.7 Å². The number of hydrogen-bond donors (Lipinski definition) is 1. The molecule has 1 amide bonds. The summed E-state index contributed by atoms with van der Waals surface area (Å²) in [5.74, 6) is -0.383. The van der Waals surface area contributed by atoms with E-state index in [4.69, 9.17) is 5.73 Å². The van der Waals surface area contributed by atoms with Gasteiger partial charge in [-0.05, 0) is 59.7 Å². The van der Waals surface area contributed by atoms with Gasteiger partial charge in [0.15, 0.2) is 0 Å². The standard InChI is InChI=1S/C32H32N2O/c1-2-3-5-11-24-18-19-27-30(21-24)34(29-17-10-16-28(31(27)29)32(33)35)22-26-15-9-8-14-25(26)20-23-12-6-4-7-13-23/h4,6-10,12-19,21H,2-3,5,11,20,22H2,1H3,(H2,33,35). The Bertz CT molecular complexity index is 1480. The number of nitrogens with two attached hydrogens (primary N) is 1. The molecular formula is C32H32N2O. The summed E-state index contributed by atoms with van der Waals surface area (Å²) in [6.45, 7) is 2.98. The molecule has 35 heavy (non-hydrogen) atoms. The van der Waals surface area contributed by atoms with Crippen LogP contribution in [-0.2, 0) is 19.4 Å². The highest BCUT2D eigenvalue weighted by atomic mass is 16.1. The van der Waals surface area contributed by atoms with E-state index in [2.05, 4.69) is 90.4 Å². The lowest BCUT2D eigenvalue weighted by Crippen LogP contribution is -2.11. The minimum atomic E-state index is -0.383. The number of hydrogen-bond acceptors (Lipinski definition) is 1. The number of primary amides is 1. The van der Waals surface area contributed by atoms with Gasteiger partial charge in [-0.2, -0.15) is 0 Å². The van der Waals surface area contributed by atoms with Crippen molar-refractivity contribution in [2.75, 3.05) is 0 Å². The van der Waals surface area contributed by atoms with Crippen LogP contribution in [0.5, 0.6) is 0 Å². The number of unbranched alkanes of at least 4 members (excludes halogenated alkanes) is 2. The van der Waals surface area contributed by atoms with Crippen molar-refractivity contribution < 1.29 is 4.79 Å². The monoisotopic (exact) mass is 460 g/mol. The lowest BCUT2D eigenvalue weighted by Gasteiger charge is -2.13. The van der Waals surface area contributed by atoms with Crippen molar-refractivity contribution in [3.05, 3.63) is 119 Å². The van der Waals surface area contributed by atoms with E-state index in [1.54, 1.807) is 0 Å². The van der Waals surface area contributed by atoms with Crippen LogP contribution in [-0.4, -0.2) is 10.5 Å². The average Bonchev–Trinajstić information content (AvgIpc) is 3.19. The molecule has 0 aliphatic carbocycles. The first kappa shape index (κ1) is 22.9. The number of amides is 1. The van der Waals surface area contributed by atoms with Gasteiger partial charge in [-0.3, -0.25) is 4.79 Å². The number of benzene rings is 4. The quantitative estimate of drug-likeness (QED) is 0.231. The summed E-state index contributed by atoms with van der Waals surface area (Å²) < 4.78 is 2.37. The van der Waals surface area contributed by atoms with Gasteiger partial charge in [0.1, 0.15) is 0 Å². The molecule has 0 spiro atoms. The van der Waals surface area contributed by atoms with Crippen molar-refractivity contribution in [2.24, 2.45) is 5.73 Å². The van der Waals surface area contributed by atoms with E-state index >= 15 is 0 Å². The van der Waals surface area contributed by atoms with E-state index in [1.807, 2.05) is 12.1 Å². The Morgan fingerprint density at radius 2 is 1.54 bits per heavy atom. The highest BCUT2D eigenvalue weighted by molar-refractivity contribution is 6.18. The number of carbonyl (C=O) groups is 1. The second kappa shape index (κ2) is 10.2. The first-order chi connectivity index (χ1) is 17.2. The zero-order valence-electron chi connectivity index (χ0n) is 20.3. The van der Waals surface area contributed by atoms with Crippen LogP contribution in [0.1, 0.15) is 58.8 Å². The Balaban J connectivity index is 1.64. The van der Waals surface area contributed by atoms with Gasteiger partial charge in [-0.15, -0.1) is 0 Å². The lowest BCUT2D eigenvalue weighted by atomic mass is 9.99. The fraction of sp³-hybridized carbons (Fsp3) is 0.219. The molecule has 0 aliphatic rings. The largest absolute Gasteiger partial charge is 0.366 e. The summed E-state index contributed by atoms with van der Waals surface area (Å²) in [4.78, 5) is 12.3. The van der Waals surface area contributed by atoms with E-state index in [0.717, 1.165) is 41.2 Å². The normalized spacial score (nSPS) is 11.3. The minimum Gasteiger partial charge on any atom is -0.366 e. The molecule has 1 aromatic heterocycles. The van der Waals surface area contributed by atoms with Crippen LogP contribution in [0.2, 0.25) is 0 Å². The van der Waals surface area contributed by atoms with E-state index in [1.165, 1.54) is 41.5 Å². The minimum absolute atomic E-state index is 0.383. The molecule has 0 atom stereocenters. The van der Waals surface area contributed by atoms with Crippen LogP contribution in [0.25, 0.3) is 21.8 Å². The Kier molecular flexibility index (Phi) is 6.67. The first-order valence-electron chi connectivity index (χ1n) is 12.6. The maximum absolute atomic E-state index is 12.3. The molecule has 0 fully saturated rings. The maximum atomic E-state index is 12.3. The number of fused-ring (bicyclic) bond motifs is 3. The lowest BCUT2D eigenvalue weighted by molar-refractivity contribution is 0.100. The number of rotatable bonds is 9. The average molecular weight is 461 g/mol. The number of nitrogens with zero attached hydrogens (tertiary/aromatic N) is 1. The van der Waals surface area contributed by atoms with Gasteiger partial charge in [-0.25, -0.2) is 0 Å². The number of aryl methyl sites for hydroxylation is 1. The summed E-state index contributed by atoms with van der Waals surface area (Å²) in [5.41, 5.74) is 13.9. The van der Waals surface area contributed by atoms with Gasteiger partial charge in [-0.1, -0.05) is 92.6 Å². The molecule has 0 aliphatic heterocycles. The predicted molar refractivity (Wildman–Crippen MR) is 146 cm³/mol. The second-order valence-corrected chi connectivity index (χ2v) is 9.39. The zero-order chi connectivity index (χ0) is 24.2. The van der Waals surface area contributed by atoms with Crippen molar-refractivity contribution in [3.8, 4) is 0 Å². The molecular weight excluding hydrogens is 428 g/mol. The van der Waals surface area contributed by atoms with Crippen LogP contribution in [0, 0.1) is 0 Å². The van der Waals surface area contributed by atoms with E-state index in [-0.39, 0.29) is 5.91 Å².